The highest BCUT2D eigenvalue weighted by molar-refractivity contribution is 6.27. The highest BCUT2D eigenvalue weighted by Gasteiger charge is 2.16. The second-order valence-electron chi connectivity index (χ2n) is 5.42. The lowest BCUT2D eigenvalue weighted by molar-refractivity contribution is -0.117. The molecule has 4 nitrogen and oxygen atoms in total. The monoisotopic (exact) mass is 308 g/mol. The summed E-state index contributed by atoms with van der Waals surface area (Å²) in [5.41, 5.74) is 4.63. The topological polar surface area (TPSA) is 58.5 Å². The van der Waals surface area contributed by atoms with E-state index in [1.165, 1.54) is 6.21 Å². The minimum absolute atomic E-state index is 0.0750. The lowest BCUT2D eigenvalue weighted by Gasteiger charge is -2.14. The van der Waals surface area contributed by atoms with Crippen LogP contribution in [-0.4, -0.2) is 17.8 Å². The largest absolute Gasteiger partial charge is 0.300 e. The van der Waals surface area contributed by atoms with Gasteiger partial charge in [-0.1, -0.05) is 48.5 Å². The van der Waals surface area contributed by atoms with Crippen molar-refractivity contribution < 1.29 is 9.59 Å². The van der Waals surface area contributed by atoms with E-state index in [-0.39, 0.29) is 23.9 Å². The van der Waals surface area contributed by atoms with Gasteiger partial charge in [0, 0.05) is 12.8 Å². The van der Waals surface area contributed by atoms with Crippen molar-refractivity contribution in [2.45, 2.75) is 25.7 Å². The van der Waals surface area contributed by atoms with Gasteiger partial charge in [0.05, 0.1) is 11.9 Å². The van der Waals surface area contributed by atoms with Crippen LogP contribution in [0.5, 0.6) is 0 Å². The van der Waals surface area contributed by atoms with Crippen LogP contribution in [-0.2, 0) is 9.59 Å². The number of nitrogens with zero attached hydrogens (tertiary/aromatic N) is 1. The first-order chi connectivity index (χ1) is 11.1. The first kappa shape index (κ1) is 16.6. The Bertz CT molecular complexity index is 666. The van der Waals surface area contributed by atoms with Crippen LogP contribution >= 0.6 is 0 Å². The zero-order valence-electron chi connectivity index (χ0n) is 13.1. The van der Waals surface area contributed by atoms with Crippen molar-refractivity contribution in [2.24, 2.45) is 5.10 Å². The molecule has 4 heteroatoms. The van der Waals surface area contributed by atoms with Crippen LogP contribution in [0.3, 0.4) is 0 Å². The number of nitrogens with one attached hydrogen (secondary N) is 1. The van der Waals surface area contributed by atoms with Crippen molar-refractivity contribution in [2.75, 3.05) is 5.43 Å². The molecule has 0 radical (unpaired) electrons. The molecule has 2 aromatic rings. The summed E-state index contributed by atoms with van der Waals surface area (Å²) in [6, 6.07) is 19.1. The molecule has 0 fully saturated rings. The number of hydrogen-bond donors (Lipinski definition) is 1. The Morgan fingerprint density at radius 3 is 2.22 bits per heavy atom. The van der Waals surface area contributed by atoms with E-state index in [4.69, 9.17) is 0 Å². The maximum atomic E-state index is 12.1. The van der Waals surface area contributed by atoms with Crippen molar-refractivity contribution in [1.29, 1.82) is 0 Å². The number of carbonyl (C=O) groups is 2. The highest BCUT2D eigenvalue weighted by Crippen LogP contribution is 2.23. The number of hydrogen-bond acceptors (Lipinski definition) is 4. The molecular weight excluding hydrogens is 288 g/mol. The third kappa shape index (κ3) is 5.87. The fourth-order valence-corrected chi connectivity index (χ4v) is 2.37. The van der Waals surface area contributed by atoms with E-state index in [2.05, 4.69) is 10.5 Å². The zero-order valence-corrected chi connectivity index (χ0v) is 13.1. The van der Waals surface area contributed by atoms with E-state index in [0.717, 1.165) is 11.3 Å². The maximum absolute atomic E-state index is 12.1. The molecule has 0 amide bonds. The number of rotatable bonds is 8. The molecular formula is C19H20N2O2. The van der Waals surface area contributed by atoms with Crippen LogP contribution < -0.4 is 5.43 Å². The van der Waals surface area contributed by atoms with Crippen LogP contribution in [0.25, 0.3) is 0 Å². The summed E-state index contributed by atoms with van der Waals surface area (Å²) in [5, 5.41) is 3.96. The predicted octanol–water partition coefficient (Wildman–Crippen LogP) is 3.81. The predicted molar refractivity (Wildman–Crippen MR) is 92.7 cm³/mol. The molecule has 0 saturated heterocycles. The smallest absolute Gasteiger partial charge is 0.176 e. The quantitative estimate of drug-likeness (QED) is 0.596. The zero-order chi connectivity index (χ0) is 16.5. The summed E-state index contributed by atoms with van der Waals surface area (Å²) in [6.07, 6.45) is 1.91. The highest BCUT2D eigenvalue weighted by atomic mass is 16.1. The van der Waals surface area contributed by atoms with Crippen molar-refractivity contribution >= 4 is 23.5 Å². The van der Waals surface area contributed by atoms with Crippen LogP contribution in [0.1, 0.15) is 31.2 Å². The van der Waals surface area contributed by atoms with Crippen LogP contribution in [0.4, 0.5) is 5.69 Å². The molecule has 1 unspecified atom stereocenters. The molecule has 0 spiro atoms. The van der Waals surface area contributed by atoms with Gasteiger partial charge in [0.1, 0.15) is 5.78 Å². The van der Waals surface area contributed by atoms with Gasteiger partial charge in [0.25, 0.3) is 0 Å². The Morgan fingerprint density at radius 1 is 1.00 bits per heavy atom. The van der Waals surface area contributed by atoms with E-state index in [9.17, 15) is 9.59 Å². The molecule has 0 bridgehead atoms. The van der Waals surface area contributed by atoms with Gasteiger partial charge in [-0.3, -0.25) is 10.2 Å². The van der Waals surface area contributed by atoms with Crippen LogP contribution in [0.15, 0.2) is 65.8 Å². The van der Waals surface area contributed by atoms with Gasteiger partial charge in [-0.05, 0) is 30.5 Å². The van der Waals surface area contributed by atoms with Gasteiger partial charge >= 0.3 is 0 Å². The van der Waals surface area contributed by atoms with Gasteiger partial charge in [-0.25, -0.2) is 0 Å². The summed E-state index contributed by atoms with van der Waals surface area (Å²) in [4.78, 5) is 23.5. The molecule has 0 aliphatic heterocycles. The van der Waals surface area contributed by atoms with E-state index in [1.54, 1.807) is 6.92 Å². The summed E-state index contributed by atoms with van der Waals surface area (Å²) >= 11 is 0. The van der Waals surface area contributed by atoms with E-state index in [1.807, 2.05) is 60.7 Å². The average Bonchev–Trinajstić information content (AvgIpc) is 2.56. The number of anilines is 1. The second kappa shape index (κ2) is 8.63. The number of ketones is 2. The minimum atomic E-state index is -0.108. The third-order valence-electron chi connectivity index (χ3n) is 3.43. The van der Waals surface area contributed by atoms with E-state index in [0.29, 0.717) is 6.42 Å². The minimum Gasteiger partial charge on any atom is -0.300 e. The van der Waals surface area contributed by atoms with Gasteiger partial charge in [-0.15, -0.1) is 0 Å². The molecule has 2 aromatic carbocycles. The van der Waals surface area contributed by atoms with E-state index < -0.39 is 0 Å². The van der Waals surface area contributed by atoms with Gasteiger partial charge in [0.15, 0.2) is 5.78 Å². The fourth-order valence-electron chi connectivity index (χ4n) is 2.37. The normalized spacial score (nSPS) is 12.0. The lowest BCUT2D eigenvalue weighted by Crippen LogP contribution is -2.12. The Labute approximate surface area is 136 Å². The second-order valence-corrected chi connectivity index (χ2v) is 5.42. The molecule has 1 N–H and O–H groups in total. The summed E-state index contributed by atoms with van der Waals surface area (Å²) in [7, 11) is 0. The standard InChI is InChI=1S/C19H20N2O2/c1-15(22)12-17(16-8-4-2-5-9-16)13-19(23)14-20-21-18-10-6-3-7-11-18/h2-11,14,17,21H,12-13H2,1H3/b20-14+. The Balaban J connectivity index is 1.96. The maximum Gasteiger partial charge on any atom is 0.176 e. The Morgan fingerprint density at radius 2 is 1.61 bits per heavy atom. The molecule has 1 atom stereocenters. The first-order valence-corrected chi connectivity index (χ1v) is 7.56. The van der Waals surface area contributed by atoms with Crippen molar-refractivity contribution in [3.05, 3.63) is 66.2 Å². The number of carbonyl (C=O) groups excluding carboxylic acids is 2. The first-order valence-electron chi connectivity index (χ1n) is 7.56. The molecule has 118 valence electrons. The Kier molecular flexibility index (Phi) is 6.24. The van der Waals surface area contributed by atoms with Crippen molar-refractivity contribution in [1.82, 2.24) is 0 Å². The number of para-hydroxylation sites is 1. The van der Waals surface area contributed by atoms with Gasteiger partial charge < -0.3 is 4.79 Å². The van der Waals surface area contributed by atoms with Gasteiger partial charge in [-0.2, -0.15) is 5.10 Å². The number of benzene rings is 2. The van der Waals surface area contributed by atoms with Gasteiger partial charge in [0.2, 0.25) is 0 Å². The lowest BCUT2D eigenvalue weighted by atomic mass is 9.89. The summed E-state index contributed by atoms with van der Waals surface area (Å²) in [6.45, 7) is 1.55. The molecule has 0 aliphatic rings. The fraction of sp³-hybridized carbons (Fsp3) is 0.211. The average molecular weight is 308 g/mol. The van der Waals surface area contributed by atoms with Crippen molar-refractivity contribution in [3.8, 4) is 0 Å². The SMILES string of the molecule is CC(=O)CC(CC(=O)/C=N/Nc1ccccc1)c1ccccc1. The molecule has 0 heterocycles. The van der Waals surface area contributed by atoms with Crippen molar-refractivity contribution in [3.63, 3.8) is 0 Å². The Hall–Kier alpha value is -2.75. The molecule has 0 aromatic heterocycles. The number of hydrazone groups is 1. The molecule has 23 heavy (non-hydrogen) atoms. The third-order valence-corrected chi connectivity index (χ3v) is 3.43. The number of Topliss-reactive ketones (excluding diaryl/α,β-unsaturated/α-hetero) is 2. The molecule has 2 rings (SSSR count). The molecule has 0 saturated carbocycles. The summed E-state index contributed by atoms with van der Waals surface area (Å²) in [5.74, 6) is -0.140. The van der Waals surface area contributed by atoms with Crippen LogP contribution in [0.2, 0.25) is 0 Å². The van der Waals surface area contributed by atoms with E-state index >= 15 is 0 Å². The van der Waals surface area contributed by atoms with Crippen LogP contribution in [0, 0.1) is 0 Å². The summed E-state index contributed by atoms with van der Waals surface area (Å²) < 4.78 is 0. The molecule has 0 aliphatic carbocycles.